The van der Waals surface area contributed by atoms with Gasteiger partial charge in [-0.15, -0.1) is 0 Å². The molecule has 0 saturated carbocycles. The smallest absolute Gasteiger partial charge is 0.338 e. The molecule has 0 aliphatic heterocycles. The van der Waals surface area contributed by atoms with Crippen molar-refractivity contribution >= 4 is 17.6 Å². The lowest BCUT2D eigenvalue weighted by Gasteiger charge is -2.10. The number of methoxy groups -OCH3 is 1. The second-order valence-corrected chi connectivity index (χ2v) is 6.36. The summed E-state index contributed by atoms with van der Waals surface area (Å²) >= 11 is 0. The number of amides is 1. The number of carbonyl (C=O) groups excluding carboxylic acids is 2. The molecule has 0 bridgehead atoms. The Kier molecular flexibility index (Phi) is 5.58. The molecular weight excluding hydrogens is 358 g/mol. The Morgan fingerprint density at radius 2 is 1.89 bits per heavy atom. The van der Waals surface area contributed by atoms with E-state index >= 15 is 0 Å². The molecule has 0 fully saturated rings. The number of ether oxygens (including phenoxy) is 1. The highest BCUT2D eigenvalue weighted by Crippen LogP contribution is 2.22. The lowest BCUT2D eigenvalue weighted by molar-refractivity contribution is 0.0599. The SMILES string of the molecule is CCn1ccc(C(=O)Nc2c(C)nn(Cc3ccccc3C(=O)OC)c2C)n1. The van der Waals surface area contributed by atoms with Crippen molar-refractivity contribution in [3.05, 3.63) is 64.7 Å². The highest BCUT2D eigenvalue weighted by atomic mass is 16.5. The van der Waals surface area contributed by atoms with Crippen LogP contribution in [0.3, 0.4) is 0 Å². The molecule has 0 aliphatic rings. The second-order valence-electron chi connectivity index (χ2n) is 6.36. The fourth-order valence-electron chi connectivity index (χ4n) is 3.00. The number of nitrogens with zero attached hydrogens (tertiary/aromatic N) is 4. The Balaban J connectivity index is 1.85. The van der Waals surface area contributed by atoms with E-state index in [1.165, 1.54) is 7.11 Å². The van der Waals surface area contributed by atoms with Crippen LogP contribution in [-0.4, -0.2) is 38.5 Å². The molecule has 8 nitrogen and oxygen atoms in total. The number of hydrogen-bond donors (Lipinski definition) is 1. The lowest BCUT2D eigenvalue weighted by Crippen LogP contribution is -2.15. The number of aromatic nitrogens is 4. The van der Waals surface area contributed by atoms with Crippen LogP contribution < -0.4 is 5.32 Å². The highest BCUT2D eigenvalue weighted by molar-refractivity contribution is 6.03. The summed E-state index contributed by atoms with van der Waals surface area (Å²) in [5, 5.41) is 11.6. The first-order chi connectivity index (χ1) is 13.4. The molecule has 3 aromatic rings. The summed E-state index contributed by atoms with van der Waals surface area (Å²) < 4.78 is 8.31. The van der Waals surface area contributed by atoms with E-state index in [0.29, 0.717) is 35.7 Å². The number of esters is 1. The lowest BCUT2D eigenvalue weighted by atomic mass is 10.1. The number of anilines is 1. The van der Waals surface area contributed by atoms with Crippen LogP contribution in [0.5, 0.6) is 0 Å². The van der Waals surface area contributed by atoms with Gasteiger partial charge < -0.3 is 10.1 Å². The topological polar surface area (TPSA) is 91.0 Å². The van der Waals surface area contributed by atoms with Gasteiger partial charge in [0, 0.05) is 12.7 Å². The van der Waals surface area contributed by atoms with Crippen LogP contribution in [-0.2, 0) is 17.8 Å². The number of carbonyl (C=O) groups is 2. The molecule has 1 N–H and O–H groups in total. The highest BCUT2D eigenvalue weighted by Gasteiger charge is 2.18. The van der Waals surface area contributed by atoms with E-state index in [9.17, 15) is 9.59 Å². The van der Waals surface area contributed by atoms with Crippen molar-refractivity contribution < 1.29 is 14.3 Å². The van der Waals surface area contributed by atoms with Gasteiger partial charge in [0.05, 0.1) is 36.3 Å². The summed E-state index contributed by atoms with van der Waals surface area (Å²) in [5.41, 5.74) is 3.76. The van der Waals surface area contributed by atoms with Crippen molar-refractivity contribution in [2.45, 2.75) is 33.9 Å². The van der Waals surface area contributed by atoms with Crippen molar-refractivity contribution in [3.8, 4) is 0 Å². The van der Waals surface area contributed by atoms with Gasteiger partial charge in [-0.05, 0) is 38.5 Å². The van der Waals surface area contributed by atoms with Gasteiger partial charge in [0.1, 0.15) is 0 Å². The minimum absolute atomic E-state index is 0.284. The molecule has 0 aliphatic carbocycles. The van der Waals surface area contributed by atoms with E-state index in [0.717, 1.165) is 11.3 Å². The zero-order valence-corrected chi connectivity index (χ0v) is 16.4. The van der Waals surface area contributed by atoms with Crippen molar-refractivity contribution in [1.29, 1.82) is 0 Å². The van der Waals surface area contributed by atoms with Crippen LogP contribution in [0.4, 0.5) is 5.69 Å². The Morgan fingerprint density at radius 1 is 1.14 bits per heavy atom. The standard InChI is InChI=1S/C20H23N5O3/c1-5-24-11-10-17(23-24)19(26)21-18-13(2)22-25(14(18)3)12-15-8-6-7-9-16(15)20(27)28-4/h6-11H,5,12H2,1-4H3,(H,21,26). The second kappa shape index (κ2) is 8.08. The number of hydrogen-bond acceptors (Lipinski definition) is 5. The summed E-state index contributed by atoms with van der Waals surface area (Å²) in [4.78, 5) is 24.5. The first-order valence-electron chi connectivity index (χ1n) is 8.99. The molecule has 3 rings (SSSR count). The summed E-state index contributed by atoms with van der Waals surface area (Å²) in [6.45, 7) is 6.75. The van der Waals surface area contributed by atoms with Crippen LogP contribution in [0.25, 0.3) is 0 Å². The van der Waals surface area contributed by atoms with Gasteiger partial charge in [-0.25, -0.2) is 4.79 Å². The van der Waals surface area contributed by atoms with Crippen LogP contribution >= 0.6 is 0 Å². The van der Waals surface area contributed by atoms with E-state index in [1.54, 1.807) is 33.8 Å². The predicted octanol–water partition coefficient (Wildman–Crippen LogP) is 2.80. The molecule has 2 aromatic heterocycles. The number of benzene rings is 1. The Bertz CT molecular complexity index is 1020. The van der Waals surface area contributed by atoms with Crippen LogP contribution in [0.2, 0.25) is 0 Å². The van der Waals surface area contributed by atoms with Gasteiger partial charge in [-0.1, -0.05) is 18.2 Å². The van der Waals surface area contributed by atoms with Gasteiger partial charge in [0.15, 0.2) is 5.69 Å². The first kappa shape index (κ1) is 19.3. The fourth-order valence-corrected chi connectivity index (χ4v) is 3.00. The van der Waals surface area contributed by atoms with Crippen LogP contribution in [0, 0.1) is 13.8 Å². The molecule has 1 aromatic carbocycles. The van der Waals surface area contributed by atoms with E-state index < -0.39 is 5.97 Å². The largest absolute Gasteiger partial charge is 0.465 e. The third-order valence-electron chi connectivity index (χ3n) is 4.56. The maximum atomic E-state index is 12.5. The van der Waals surface area contributed by atoms with Gasteiger partial charge >= 0.3 is 5.97 Å². The third kappa shape index (κ3) is 3.80. The fraction of sp³-hybridized carbons (Fsp3) is 0.300. The van der Waals surface area contributed by atoms with E-state index in [4.69, 9.17) is 4.74 Å². The molecule has 8 heteroatoms. The molecule has 28 heavy (non-hydrogen) atoms. The Labute approximate surface area is 163 Å². The average Bonchev–Trinajstić information content (AvgIpc) is 3.28. The molecule has 0 radical (unpaired) electrons. The zero-order chi connectivity index (χ0) is 20.3. The summed E-state index contributed by atoms with van der Waals surface area (Å²) in [5.74, 6) is -0.676. The quantitative estimate of drug-likeness (QED) is 0.663. The Hall–Kier alpha value is -3.42. The molecular formula is C20H23N5O3. The maximum Gasteiger partial charge on any atom is 0.338 e. The van der Waals surface area contributed by atoms with Gasteiger partial charge in [-0.3, -0.25) is 14.2 Å². The Morgan fingerprint density at radius 3 is 2.57 bits per heavy atom. The van der Waals surface area contributed by atoms with E-state index in [1.807, 2.05) is 32.9 Å². The van der Waals surface area contributed by atoms with Crippen LogP contribution in [0.15, 0.2) is 36.5 Å². The van der Waals surface area contributed by atoms with Gasteiger partial charge in [0.25, 0.3) is 5.91 Å². The number of nitrogens with one attached hydrogen (secondary N) is 1. The van der Waals surface area contributed by atoms with E-state index in [2.05, 4.69) is 15.5 Å². The van der Waals surface area contributed by atoms with E-state index in [-0.39, 0.29) is 5.91 Å². The van der Waals surface area contributed by atoms with Crippen molar-refractivity contribution in [2.24, 2.45) is 0 Å². The monoisotopic (exact) mass is 381 g/mol. The molecule has 2 heterocycles. The molecule has 0 spiro atoms. The third-order valence-corrected chi connectivity index (χ3v) is 4.56. The van der Waals surface area contributed by atoms with Gasteiger partial charge in [0.2, 0.25) is 0 Å². The summed E-state index contributed by atoms with van der Waals surface area (Å²) in [7, 11) is 1.36. The maximum absolute atomic E-state index is 12.5. The van der Waals surface area contributed by atoms with Crippen molar-refractivity contribution in [3.63, 3.8) is 0 Å². The van der Waals surface area contributed by atoms with Crippen molar-refractivity contribution in [2.75, 3.05) is 12.4 Å². The van der Waals surface area contributed by atoms with Crippen LogP contribution in [0.1, 0.15) is 44.7 Å². The molecule has 0 unspecified atom stereocenters. The van der Waals surface area contributed by atoms with Gasteiger partial charge in [-0.2, -0.15) is 10.2 Å². The normalized spacial score (nSPS) is 10.7. The number of aryl methyl sites for hydroxylation is 2. The predicted molar refractivity (Wildman–Crippen MR) is 104 cm³/mol. The number of rotatable bonds is 6. The molecule has 146 valence electrons. The summed E-state index contributed by atoms with van der Waals surface area (Å²) in [6, 6.07) is 8.91. The summed E-state index contributed by atoms with van der Waals surface area (Å²) in [6.07, 6.45) is 1.77. The first-order valence-corrected chi connectivity index (χ1v) is 8.99. The average molecular weight is 381 g/mol. The zero-order valence-electron chi connectivity index (χ0n) is 16.4. The molecule has 1 amide bonds. The minimum atomic E-state index is -0.392. The van der Waals surface area contributed by atoms with Crippen molar-refractivity contribution in [1.82, 2.24) is 19.6 Å². The molecule has 0 atom stereocenters. The minimum Gasteiger partial charge on any atom is -0.465 e. The molecule has 0 saturated heterocycles.